The molecule has 0 saturated carbocycles. The molecule has 2 amide bonds. The van der Waals surface area contributed by atoms with Crippen molar-refractivity contribution >= 4 is 17.7 Å². The molecule has 0 aliphatic heterocycles. The Hall–Kier alpha value is -2.24. The Bertz CT molecular complexity index is 504. The largest absolute Gasteiger partial charge is 0.508 e. The first-order valence-electron chi connectivity index (χ1n) is 7.00. The highest BCUT2D eigenvalue weighted by Crippen LogP contribution is 2.20. The predicted molar refractivity (Wildman–Crippen MR) is 80.5 cm³/mol. The molecule has 0 radical (unpaired) electrons. The number of amides is 2. The van der Waals surface area contributed by atoms with Gasteiger partial charge in [-0.25, -0.2) is 9.59 Å². The fraction of sp³-hybridized carbons (Fsp3) is 0.467. The number of carbonyl (C=O) groups is 2. The molecule has 6 heteroatoms. The van der Waals surface area contributed by atoms with Crippen LogP contribution >= 0.6 is 0 Å². The van der Waals surface area contributed by atoms with Gasteiger partial charge in [0.15, 0.2) is 0 Å². The summed E-state index contributed by atoms with van der Waals surface area (Å²) in [7, 11) is 0. The molecule has 2 atom stereocenters. The number of aliphatic carboxylic acids is 1. The van der Waals surface area contributed by atoms with Crippen LogP contribution in [0.2, 0.25) is 0 Å². The number of nitrogens with one attached hydrogen (secondary N) is 1. The van der Waals surface area contributed by atoms with Crippen LogP contribution < -0.4 is 10.2 Å². The van der Waals surface area contributed by atoms with Crippen molar-refractivity contribution in [1.82, 2.24) is 5.32 Å². The number of carboxylic acid groups (broad SMARTS) is 1. The zero-order chi connectivity index (χ0) is 16.0. The van der Waals surface area contributed by atoms with E-state index in [-0.39, 0.29) is 11.7 Å². The lowest BCUT2D eigenvalue weighted by molar-refractivity contribution is -0.140. The molecule has 0 bridgehead atoms. The molecule has 0 fully saturated rings. The van der Waals surface area contributed by atoms with Gasteiger partial charge < -0.3 is 15.5 Å². The number of hydrogen-bond acceptors (Lipinski definition) is 3. The number of hydrogen-bond donors (Lipinski definition) is 3. The van der Waals surface area contributed by atoms with E-state index in [9.17, 15) is 19.8 Å². The molecule has 0 saturated heterocycles. The Balaban J connectivity index is 2.91. The van der Waals surface area contributed by atoms with E-state index in [1.54, 1.807) is 26.0 Å². The summed E-state index contributed by atoms with van der Waals surface area (Å²) in [4.78, 5) is 24.9. The van der Waals surface area contributed by atoms with Gasteiger partial charge in [0.05, 0.1) is 0 Å². The van der Waals surface area contributed by atoms with Crippen molar-refractivity contribution in [2.24, 2.45) is 5.92 Å². The van der Waals surface area contributed by atoms with E-state index in [0.29, 0.717) is 18.7 Å². The summed E-state index contributed by atoms with van der Waals surface area (Å²) in [5.74, 6) is -1.17. The molecule has 3 N–H and O–H groups in total. The maximum Gasteiger partial charge on any atom is 0.326 e. The van der Waals surface area contributed by atoms with E-state index in [1.807, 2.05) is 6.92 Å². The van der Waals surface area contributed by atoms with Crippen LogP contribution in [0.4, 0.5) is 10.5 Å². The van der Waals surface area contributed by atoms with Gasteiger partial charge in [-0.1, -0.05) is 26.3 Å². The van der Waals surface area contributed by atoms with Gasteiger partial charge in [-0.05, 0) is 25.0 Å². The van der Waals surface area contributed by atoms with E-state index < -0.39 is 18.0 Å². The van der Waals surface area contributed by atoms with Crippen molar-refractivity contribution in [2.75, 3.05) is 11.4 Å². The number of urea groups is 1. The Labute approximate surface area is 124 Å². The Morgan fingerprint density at radius 3 is 2.48 bits per heavy atom. The third-order valence-electron chi connectivity index (χ3n) is 3.46. The van der Waals surface area contributed by atoms with Crippen molar-refractivity contribution in [1.29, 1.82) is 0 Å². The number of rotatable bonds is 6. The van der Waals surface area contributed by atoms with E-state index in [0.717, 1.165) is 0 Å². The van der Waals surface area contributed by atoms with Crippen molar-refractivity contribution in [3.63, 3.8) is 0 Å². The third-order valence-corrected chi connectivity index (χ3v) is 3.46. The Morgan fingerprint density at radius 2 is 2.00 bits per heavy atom. The molecule has 1 aromatic carbocycles. The Morgan fingerprint density at radius 1 is 1.33 bits per heavy atom. The summed E-state index contributed by atoms with van der Waals surface area (Å²) < 4.78 is 0. The average Bonchev–Trinajstić information content (AvgIpc) is 2.44. The van der Waals surface area contributed by atoms with Gasteiger partial charge in [0.25, 0.3) is 0 Å². The first-order valence-corrected chi connectivity index (χ1v) is 7.00. The molecule has 0 heterocycles. The number of carbonyl (C=O) groups excluding carboxylic acids is 1. The highest BCUT2D eigenvalue weighted by atomic mass is 16.4. The number of phenols is 1. The zero-order valence-corrected chi connectivity index (χ0v) is 12.5. The molecule has 0 aromatic heterocycles. The monoisotopic (exact) mass is 294 g/mol. The van der Waals surface area contributed by atoms with Gasteiger partial charge in [0, 0.05) is 18.3 Å². The first kappa shape index (κ1) is 16.8. The van der Waals surface area contributed by atoms with E-state index >= 15 is 0 Å². The quantitative estimate of drug-likeness (QED) is 0.751. The lowest BCUT2D eigenvalue weighted by Gasteiger charge is -2.26. The van der Waals surface area contributed by atoms with Gasteiger partial charge in [-0.2, -0.15) is 0 Å². The molecule has 6 nitrogen and oxygen atoms in total. The second-order valence-electron chi connectivity index (χ2n) is 4.92. The molecule has 21 heavy (non-hydrogen) atoms. The van der Waals surface area contributed by atoms with Crippen molar-refractivity contribution in [3.8, 4) is 5.75 Å². The minimum Gasteiger partial charge on any atom is -0.508 e. The molecule has 0 aliphatic carbocycles. The first-order chi connectivity index (χ1) is 9.90. The van der Waals surface area contributed by atoms with Crippen LogP contribution in [0, 0.1) is 5.92 Å². The highest BCUT2D eigenvalue weighted by molar-refractivity contribution is 5.94. The van der Waals surface area contributed by atoms with E-state index in [1.165, 1.54) is 17.0 Å². The second-order valence-corrected chi connectivity index (χ2v) is 4.92. The van der Waals surface area contributed by atoms with Crippen LogP contribution in [0.25, 0.3) is 0 Å². The fourth-order valence-corrected chi connectivity index (χ4v) is 2.00. The number of anilines is 1. The van der Waals surface area contributed by atoms with Crippen LogP contribution in [0.5, 0.6) is 5.75 Å². The smallest absolute Gasteiger partial charge is 0.326 e. The molecular formula is C15H22N2O4. The molecule has 1 rings (SSSR count). The molecular weight excluding hydrogens is 272 g/mol. The third kappa shape index (κ3) is 4.37. The lowest BCUT2D eigenvalue weighted by Crippen LogP contribution is -2.50. The zero-order valence-electron chi connectivity index (χ0n) is 12.5. The minimum absolute atomic E-state index is 0.0514. The second kappa shape index (κ2) is 7.52. The van der Waals surface area contributed by atoms with Crippen molar-refractivity contribution < 1.29 is 19.8 Å². The topological polar surface area (TPSA) is 89.9 Å². The SMILES string of the molecule is CC[C@H](C)[C@H](NC(=O)N(CC)c1cccc(O)c1)C(=O)O. The van der Waals surface area contributed by atoms with E-state index in [4.69, 9.17) is 0 Å². The molecule has 0 aliphatic rings. The van der Waals surface area contributed by atoms with Gasteiger partial charge in [-0.15, -0.1) is 0 Å². The van der Waals surface area contributed by atoms with E-state index in [2.05, 4.69) is 5.32 Å². The fourth-order valence-electron chi connectivity index (χ4n) is 2.00. The van der Waals surface area contributed by atoms with Crippen LogP contribution in [-0.4, -0.2) is 34.8 Å². The normalized spacial score (nSPS) is 13.3. The van der Waals surface area contributed by atoms with Gasteiger partial charge in [0.2, 0.25) is 0 Å². The number of carboxylic acids is 1. The van der Waals surface area contributed by atoms with Crippen LogP contribution in [0.3, 0.4) is 0 Å². The highest BCUT2D eigenvalue weighted by Gasteiger charge is 2.27. The summed E-state index contributed by atoms with van der Waals surface area (Å²) >= 11 is 0. The summed E-state index contributed by atoms with van der Waals surface area (Å²) in [6, 6.07) is 4.85. The standard InChI is InChI=1S/C15H22N2O4/c1-4-10(3)13(14(19)20)16-15(21)17(5-2)11-7-6-8-12(18)9-11/h6-10,13,18H,4-5H2,1-3H3,(H,16,21)(H,19,20)/t10-,13-/m0/s1. The molecule has 1 aromatic rings. The maximum atomic E-state index is 12.3. The number of benzene rings is 1. The van der Waals surface area contributed by atoms with Gasteiger partial charge in [-0.3, -0.25) is 4.90 Å². The Kier molecular flexibility index (Phi) is 6.02. The molecule has 0 spiro atoms. The summed E-state index contributed by atoms with van der Waals surface area (Å²) in [6.45, 7) is 5.80. The average molecular weight is 294 g/mol. The number of nitrogens with zero attached hydrogens (tertiary/aromatic N) is 1. The van der Waals surface area contributed by atoms with Crippen LogP contribution in [0.1, 0.15) is 27.2 Å². The lowest BCUT2D eigenvalue weighted by atomic mass is 9.99. The predicted octanol–water partition coefficient (Wildman–Crippen LogP) is 2.43. The molecule has 116 valence electrons. The van der Waals surface area contributed by atoms with Crippen molar-refractivity contribution in [3.05, 3.63) is 24.3 Å². The maximum absolute atomic E-state index is 12.3. The number of aromatic hydroxyl groups is 1. The minimum atomic E-state index is -1.05. The molecule has 0 unspecified atom stereocenters. The number of phenolic OH excluding ortho intramolecular Hbond substituents is 1. The van der Waals surface area contributed by atoms with Crippen LogP contribution in [-0.2, 0) is 4.79 Å². The summed E-state index contributed by atoms with van der Waals surface area (Å²) in [5, 5.41) is 21.2. The van der Waals surface area contributed by atoms with Gasteiger partial charge in [0.1, 0.15) is 11.8 Å². The van der Waals surface area contributed by atoms with Crippen molar-refractivity contribution in [2.45, 2.75) is 33.2 Å². The van der Waals surface area contributed by atoms with Crippen LogP contribution in [0.15, 0.2) is 24.3 Å². The van der Waals surface area contributed by atoms with Gasteiger partial charge >= 0.3 is 12.0 Å². The summed E-state index contributed by atoms with van der Waals surface area (Å²) in [6.07, 6.45) is 0.648. The summed E-state index contributed by atoms with van der Waals surface area (Å²) in [5.41, 5.74) is 0.517.